The van der Waals surface area contributed by atoms with E-state index < -0.39 is 6.09 Å². The van der Waals surface area contributed by atoms with Crippen LogP contribution in [0.25, 0.3) is 22.6 Å². The normalized spacial score (nSPS) is 16.1. The number of ether oxygens (including phenoxy) is 1. The fourth-order valence-electron chi connectivity index (χ4n) is 3.96. The molecule has 0 aliphatic carbocycles. The maximum Gasteiger partial charge on any atom is 0.414 e. The minimum atomic E-state index is -0.472. The van der Waals surface area contributed by atoms with Gasteiger partial charge in [-0.3, -0.25) is 4.90 Å². The number of aromatic nitrogens is 5. The quantitative estimate of drug-likeness (QED) is 0.497. The van der Waals surface area contributed by atoms with Crippen LogP contribution in [-0.2, 0) is 11.3 Å². The third-order valence-electron chi connectivity index (χ3n) is 5.73. The highest BCUT2D eigenvalue weighted by atomic mass is 19.1. The Bertz CT molecular complexity index is 1350. The first-order valence-corrected chi connectivity index (χ1v) is 10.6. The second-order valence-electron chi connectivity index (χ2n) is 8.19. The molecule has 1 aliphatic rings. The van der Waals surface area contributed by atoms with E-state index in [1.54, 1.807) is 35.1 Å². The largest absolute Gasteiger partial charge is 0.447 e. The van der Waals surface area contributed by atoms with Gasteiger partial charge in [-0.05, 0) is 24.1 Å². The zero-order valence-electron chi connectivity index (χ0n) is 18.1. The van der Waals surface area contributed by atoms with Gasteiger partial charge < -0.3 is 10.5 Å². The molecule has 4 aromatic rings. The van der Waals surface area contributed by atoms with Crippen molar-refractivity contribution in [3.05, 3.63) is 60.2 Å². The van der Waals surface area contributed by atoms with E-state index in [0.717, 1.165) is 0 Å². The van der Waals surface area contributed by atoms with E-state index in [4.69, 9.17) is 10.5 Å². The lowest BCUT2D eigenvalue weighted by molar-refractivity contribution is 0.177. The Morgan fingerprint density at radius 1 is 1.21 bits per heavy atom. The average molecular weight is 447 g/mol. The number of benzene rings is 1. The summed E-state index contributed by atoms with van der Waals surface area (Å²) in [5.74, 6) is 0.278. The number of rotatable bonds is 5. The lowest BCUT2D eigenvalue weighted by Crippen LogP contribution is -2.37. The summed E-state index contributed by atoms with van der Waals surface area (Å²) in [7, 11) is 0. The van der Waals surface area contributed by atoms with E-state index in [0.29, 0.717) is 28.0 Å². The van der Waals surface area contributed by atoms with Crippen LogP contribution < -0.4 is 10.6 Å². The van der Waals surface area contributed by atoms with Crippen molar-refractivity contribution in [2.75, 3.05) is 17.2 Å². The summed E-state index contributed by atoms with van der Waals surface area (Å²) in [6, 6.07) is 10.0. The Morgan fingerprint density at radius 2 is 2.03 bits per heavy atom. The number of amides is 1. The number of cyclic esters (lactones) is 1. The summed E-state index contributed by atoms with van der Waals surface area (Å²) in [6.07, 6.45) is 2.69. The third kappa shape index (κ3) is 3.63. The molecule has 1 aromatic carbocycles. The van der Waals surface area contributed by atoms with Gasteiger partial charge in [-0.15, -0.1) is 0 Å². The van der Waals surface area contributed by atoms with E-state index >= 15 is 0 Å². The van der Waals surface area contributed by atoms with Gasteiger partial charge in [0.15, 0.2) is 17.3 Å². The smallest absolute Gasteiger partial charge is 0.414 e. The van der Waals surface area contributed by atoms with E-state index in [9.17, 15) is 9.18 Å². The molecule has 0 spiro atoms. The summed E-state index contributed by atoms with van der Waals surface area (Å²) < 4.78 is 21.1. The molecule has 4 heterocycles. The summed E-state index contributed by atoms with van der Waals surface area (Å²) in [4.78, 5) is 27.1. The van der Waals surface area contributed by atoms with Crippen LogP contribution in [0, 0.1) is 11.7 Å². The maximum absolute atomic E-state index is 14.2. The molecule has 1 unspecified atom stereocenters. The van der Waals surface area contributed by atoms with Gasteiger partial charge in [0, 0.05) is 11.8 Å². The van der Waals surface area contributed by atoms with Gasteiger partial charge in [0.05, 0.1) is 24.2 Å². The second-order valence-corrected chi connectivity index (χ2v) is 8.19. The zero-order valence-corrected chi connectivity index (χ0v) is 18.1. The lowest BCUT2D eigenvalue weighted by atomic mass is 10.0. The molecule has 1 atom stereocenters. The fraction of sp³-hybridized carbons (Fsp3) is 0.261. The van der Waals surface area contributed by atoms with Crippen LogP contribution >= 0.6 is 0 Å². The molecule has 1 fully saturated rings. The molecule has 168 valence electrons. The summed E-state index contributed by atoms with van der Waals surface area (Å²) in [5, 5.41) is 5.33. The molecule has 2 N–H and O–H groups in total. The van der Waals surface area contributed by atoms with Crippen molar-refractivity contribution in [1.29, 1.82) is 0 Å². The number of pyridine rings is 1. The predicted molar refractivity (Wildman–Crippen MR) is 121 cm³/mol. The summed E-state index contributed by atoms with van der Waals surface area (Å²) >= 11 is 0. The van der Waals surface area contributed by atoms with Crippen LogP contribution in [0.4, 0.5) is 20.7 Å². The molecule has 10 heteroatoms. The summed E-state index contributed by atoms with van der Waals surface area (Å²) in [6.45, 7) is 4.50. The molecular formula is C23H22FN7O2. The predicted octanol–water partition coefficient (Wildman–Crippen LogP) is 3.64. The van der Waals surface area contributed by atoms with E-state index in [2.05, 4.69) is 20.1 Å². The minimum Gasteiger partial charge on any atom is -0.447 e. The number of carbonyl (C=O) groups excluding carboxylic acids is 1. The third-order valence-corrected chi connectivity index (χ3v) is 5.73. The number of nitrogen functional groups attached to an aromatic ring is 1. The number of carbonyl (C=O) groups is 1. The van der Waals surface area contributed by atoms with Crippen molar-refractivity contribution in [3.8, 4) is 11.5 Å². The first-order valence-electron chi connectivity index (χ1n) is 10.6. The van der Waals surface area contributed by atoms with Gasteiger partial charge in [0.1, 0.15) is 23.8 Å². The van der Waals surface area contributed by atoms with Crippen LogP contribution in [0.2, 0.25) is 0 Å². The Kier molecular flexibility index (Phi) is 5.12. The fourth-order valence-corrected chi connectivity index (χ4v) is 3.96. The number of nitrogens with two attached hydrogens (primary N) is 1. The number of hydrogen-bond acceptors (Lipinski definition) is 7. The van der Waals surface area contributed by atoms with Gasteiger partial charge in [0.25, 0.3) is 0 Å². The van der Waals surface area contributed by atoms with Crippen molar-refractivity contribution in [2.24, 2.45) is 5.92 Å². The van der Waals surface area contributed by atoms with Crippen LogP contribution in [-0.4, -0.2) is 43.5 Å². The molecule has 0 saturated carbocycles. The molecular weight excluding hydrogens is 425 g/mol. The summed E-state index contributed by atoms with van der Waals surface area (Å²) in [5.41, 5.74) is 8.19. The highest BCUT2D eigenvalue weighted by Crippen LogP contribution is 2.32. The second kappa shape index (κ2) is 8.12. The average Bonchev–Trinajstić information content (AvgIpc) is 3.36. The molecule has 3 aromatic heterocycles. The minimum absolute atomic E-state index is 0.144. The van der Waals surface area contributed by atoms with Gasteiger partial charge in [0.2, 0.25) is 0 Å². The van der Waals surface area contributed by atoms with Crippen molar-refractivity contribution in [1.82, 2.24) is 24.7 Å². The molecule has 1 saturated heterocycles. The van der Waals surface area contributed by atoms with Crippen molar-refractivity contribution < 1.29 is 13.9 Å². The van der Waals surface area contributed by atoms with Crippen molar-refractivity contribution in [3.63, 3.8) is 0 Å². The van der Waals surface area contributed by atoms with Gasteiger partial charge in [-0.25, -0.2) is 28.8 Å². The van der Waals surface area contributed by atoms with E-state index in [1.807, 2.05) is 19.9 Å². The van der Waals surface area contributed by atoms with E-state index in [-0.39, 0.29) is 42.6 Å². The Labute approximate surface area is 189 Å². The molecule has 9 nitrogen and oxygen atoms in total. The van der Waals surface area contributed by atoms with Gasteiger partial charge in [-0.1, -0.05) is 32.0 Å². The molecule has 0 bridgehead atoms. The SMILES string of the molecule is CC(C)C1COC(=O)N1c1cnc(-c2nn(Cc3ccccc3F)c3ncccc23)nc1N. The molecule has 5 rings (SSSR count). The number of fused-ring (bicyclic) bond motifs is 1. The van der Waals surface area contributed by atoms with Crippen molar-refractivity contribution in [2.45, 2.75) is 26.4 Å². The Morgan fingerprint density at radius 3 is 2.79 bits per heavy atom. The van der Waals surface area contributed by atoms with Crippen LogP contribution in [0.5, 0.6) is 0 Å². The molecule has 33 heavy (non-hydrogen) atoms. The standard InChI is InChI=1S/C23H22FN7O2/c1-13(2)18-12-33-23(32)31(18)17-10-27-21(28-20(17)25)19-15-7-5-9-26-22(15)30(29-19)11-14-6-3-4-8-16(14)24/h3-10,13,18H,11-12H2,1-2H3,(H2,25,27,28). The molecule has 1 aliphatic heterocycles. The zero-order chi connectivity index (χ0) is 23.1. The first kappa shape index (κ1) is 20.8. The topological polar surface area (TPSA) is 112 Å². The first-order chi connectivity index (χ1) is 15.9. The van der Waals surface area contributed by atoms with Gasteiger partial charge in [-0.2, -0.15) is 5.10 Å². The highest BCUT2D eigenvalue weighted by Gasteiger charge is 2.37. The molecule has 1 amide bonds. The monoisotopic (exact) mass is 447 g/mol. The van der Waals surface area contributed by atoms with Crippen LogP contribution in [0.15, 0.2) is 48.8 Å². The van der Waals surface area contributed by atoms with Crippen LogP contribution in [0.3, 0.4) is 0 Å². The van der Waals surface area contributed by atoms with Crippen LogP contribution in [0.1, 0.15) is 19.4 Å². The number of anilines is 2. The van der Waals surface area contributed by atoms with E-state index in [1.165, 1.54) is 17.2 Å². The number of nitrogens with zero attached hydrogens (tertiary/aromatic N) is 6. The Hall–Kier alpha value is -4.08. The maximum atomic E-state index is 14.2. The molecule has 0 radical (unpaired) electrons. The number of halogens is 1. The number of hydrogen-bond donors (Lipinski definition) is 1. The van der Waals surface area contributed by atoms with Crippen molar-refractivity contribution >= 4 is 28.6 Å². The highest BCUT2D eigenvalue weighted by molar-refractivity contribution is 5.94. The Balaban J connectivity index is 1.56. The van der Waals surface area contributed by atoms with Gasteiger partial charge >= 0.3 is 6.09 Å². The lowest BCUT2D eigenvalue weighted by Gasteiger charge is -2.24.